The van der Waals surface area contributed by atoms with Gasteiger partial charge in [-0.05, 0) is 29.8 Å². The summed E-state index contributed by atoms with van der Waals surface area (Å²) in [6.07, 6.45) is 3.39. The molecule has 0 radical (unpaired) electrons. The van der Waals surface area contributed by atoms with E-state index in [2.05, 4.69) is 15.2 Å². The molecule has 3 aromatic rings. The summed E-state index contributed by atoms with van der Waals surface area (Å²) in [6, 6.07) is 11.1. The van der Waals surface area contributed by atoms with E-state index >= 15 is 0 Å². The van der Waals surface area contributed by atoms with Gasteiger partial charge in [-0.1, -0.05) is 35.5 Å². The summed E-state index contributed by atoms with van der Waals surface area (Å²) in [7, 11) is 0. The number of nitrogens with zero attached hydrogens (tertiary/aromatic N) is 2. The number of thioether (sulfide) groups is 1. The highest BCUT2D eigenvalue weighted by Crippen LogP contribution is 2.37. The lowest BCUT2D eigenvalue weighted by molar-refractivity contribution is -0.133. The van der Waals surface area contributed by atoms with Crippen molar-refractivity contribution in [3.63, 3.8) is 0 Å². The number of nitrogens with one attached hydrogen (secondary N) is 1. The molecule has 1 aromatic carbocycles. The number of aromatic amines is 1. The van der Waals surface area contributed by atoms with Crippen LogP contribution in [-0.4, -0.2) is 32.0 Å². The summed E-state index contributed by atoms with van der Waals surface area (Å²) >= 11 is 7.14. The summed E-state index contributed by atoms with van der Waals surface area (Å²) in [5, 5.41) is 17.6. The standard InChI is InChI=1S/C16H12ClN3O2S/c17-12-3-1-11(2-4-12)15-14(10-5-7-18-8-6-10)16(20-19-15)23-9-13(21)22/h1-8H,9H2,(H,19,20)(H,21,22). The topological polar surface area (TPSA) is 78.9 Å². The molecule has 0 spiro atoms. The van der Waals surface area contributed by atoms with Crippen molar-refractivity contribution in [3.05, 3.63) is 53.8 Å². The summed E-state index contributed by atoms with van der Waals surface area (Å²) in [5.41, 5.74) is 3.44. The number of aromatic nitrogens is 3. The van der Waals surface area contributed by atoms with Gasteiger partial charge in [0.05, 0.1) is 10.8 Å². The van der Waals surface area contributed by atoms with Gasteiger partial charge < -0.3 is 5.11 Å². The Morgan fingerprint density at radius 2 is 1.83 bits per heavy atom. The molecular weight excluding hydrogens is 334 g/mol. The van der Waals surface area contributed by atoms with Crippen LogP contribution in [0.2, 0.25) is 5.02 Å². The minimum Gasteiger partial charge on any atom is -0.481 e. The highest BCUT2D eigenvalue weighted by atomic mass is 35.5. The van der Waals surface area contributed by atoms with Gasteiger partial charge in [-0.15, -0.1) is 0 Å². The fourth-order valence-electron chi connectivity index (χ4n) is 2.17. The number of hydrogen-bond acceptors (Lipinski definition) is 4. The monoisotopic (exact) mass is 345 g/mol. The molecule has 7 heteroatoms. The van der Waals surface area contributed by atoms with E-state index in [9.17, 15) is 4.79 Å². The summed E-state index contributed by atoms with van der Waals surface area (Å²) in [4.78, 5) is 14.9. The fourth-order valence-corrected chi connectivity index (χ4v) is 3.03. The SMILES string of the molecule is O=C(O)CSc1[nH]nc(-c2ccc(Cl)cc2)c1-c1ccncc1. The first-order chi connectivity index (χ1) is 11.1. The second-order valence-electron chi connectivity index (χ2n) is 4.70. The molecule has 0 saturated carbocycles. The van der Waals surface area contributed by atoms with Gasteiger partial charge in [0.1, 0.15) is 5.69 Å². The molecule has 0 aliphatic rings. The van der Waals surface area contributed by atoms with Crippen LogP contribution in [0, 0.1) is 0 Å². The van der Waals surface area contributed by atoms with E-state index in [1.165, 1.54) is 11.8 Å². The normalized spacial score (nSPS) is 10.7. The number of hydrogen-bond donors (Lipinski definition) is 2. The summed E-state index contributed by atoms with van der Waals surface area (Å²) in [5.74, 6) is -0.918. The Labute approximate surface area is 141 Å². The molecule has 0 fully saturated rings. The minimum absolute atomic E-state index is 0.0413. The molecule has 0 unspecified atom stereocenters. The van der Waals surface area contributed by atoms with Gasteiger partial charge in [-0.25, -0.2) is 0 Å². The first kappa shape index (κ1) is 15.6. The zero-order valence-corrected chi connectivity index (χ0v) is 13.4. The number of carboxylic acids is 1. The van der Waals surface area contributed by atoms with Crippen LogP contribution < -0.4 is 0 Å². The van der Waals surface area contributed by atoms with Crippen molar-refractivity contribution in [2.75, 3.05) is 5.75 Å². The summed E-state index contributed by atoms with van der Waals surface area (Å²) < 4.78 is 0. The third kappa shape index (κ3) is 3.55. The number of benzene rings is 1. The van der Waals surface area contributed by atoms with E-state index in [0.717, 1.165) is 22.4 Å². The molecule has 2 aromatic heterocycles. The second kappa shape index (κ2) is 6.85. The van der Waals surface area contributed by atoms with Crippen molar-refractivity contribution in [2.24, 2.45) is 0 Å². The highest BCUT2D eigenvalue weighted by Gasteiger charge is 2.18. The van der Waals surface area contributed by atoms with Crippen molar-refractivity contribution in [1.82, 2.24) is 15.2 Å². The molecule has 2 N–H and O–H groups in total. The average molecular weight is 346 g/mol. The number of carboxylic acid groups (broad SMARTS) is 1. The molecule has 5 nitrogen and oxygen atoms in total. The van der Waals surface area contributed by atoms with Crippen molar-refractivity contribution in [3.8, 4) is 22.4 Å². The summed E-state index contributed by atoms with van der Waals surface area (Å²) in [6.45, 7) is 0. The molecule has 0 amide bonds. The first-order valence-electron chi connectivity index (χ1n) is 6.74. The Kier molecular flexibility index (Phi) is 4.64. The molecule has 0 saturated heterocycles. The van der Waals surface area contributed by atoms with Gasteiger partial charge in [0, 0.05) is 28.5 Å². The molecule has 0 atom stereocenters. The van der Waals surface area contributed by atoms with Gasteiger partial charge in [-0.2, -0.15) is 5.10 Å². The van der Waals surface area contributed by atoms with E-state index in [0.29, 0.717) is 10.0 Å². The van der Waals surface area contributed by atoms with Crippen molar-refractivity contribution in [1.29, 1.82) is 0 Å². The van der Waals surface area contributed by atoms with Crippen LogP contribution in [0.4, 0.5) is 0 Å². The third-order valence-electron chi connectivity index (χ3n) is 3.16. The van der Waals surface area contributed by atoms with Crippen LogP contribution in [0.3, 0.4) is 0 Å². The zero-order valence-electron chi connectivity index (χ0n) is 11.9. The van der Waals surface area contributed by atoms with E-state index in [1.54, 1.807) is 24.5 Å². The Morgan fingerprint density at radius 1 is 1.13 bits per heavy atom. The minimum atomic E-state index is -0.877. The van der Waals surface area contributed by atoms with Crippen LogP contribution >= 0.6 is 23.4 Å². The van der Waals surface area contributed by atoms with Crippen LogP contribution in [-0.2, 0) is 4.79 Å². The molecule has 23 heavy (non-hydrogen) atoms. The van der Waals surface area contributed by atoms with Crippen LogP contribution in [0.1, 0.15) is 0 Å². The number of aliphatic carboxylic acids is 1. The molecule has 0 bridgehead atoms. The van der Waals surface area contributed by atoms with Gasteiger partial charge in [0.15, 0.2) is 0 Å². The van der Waals surface area contributed by atoms with Crippen LogP contribution in [0.15, 0.2) is 53.8 Å². The Hall–Kier alpha value is -2.31. The first-order valence-corrected chi connectivity index (χ1v) is 8.11. The molecular formula is C16H12ClN3O2S. The maximum Gasteiger partial charge on any atom is 0.313 e. The van der Waals surface area contributed by atoms with Crippen molar-refractivity contribution in [2.45, 2.75) is 5.03 Å². The lowest BCUT2D eigenvalue weighted by Crippen LogP contribution is -1.98. The average Bonchev–Trinajstić information content (AvgIpc) is 2.98. The number of halogens is 1. The predicted octanol–water partition coefficient (Wildman–Crippen LogP) is 3.97. The lowest BCUT2D eigenvalue weighted by Gasteiger charge is -2.06. The van der Waals surface area contributed by atoms with E-state index in [4.69, 9.17) is 16.7 Å². The molecule has 0 aliphatic heterocycles. The van der Waals surface area contributed by atoms with Crippen molar-refractivity contribution >= 4 is 29.3 Å². The van der Waals surface area contributed by atoms with E-state index in [-0.39, 0.29) is 5.75 Å². The number of carbonyl (C=O) groups is 1. The smallest absolute Gasteiger partial charge is 0.313 e. The van der Waals surface area contributed by atoms with E-state index in [1.807, 2.05) is 24.3 Å². The second-order valence-corrected chi connectivity index (χ2v) is 6.12. The largest absolute Gasteiger partial charge is 0.481 e. The highest BCUT2D eigenvalue weighted by molar-refractivity contribution is 8.00. The number of pyridine rings is 1. The number of rotatable bonds is 5. The van der Waals surface area contributed by atoms with Gasteiger partial charge >= 0.3 is 5.97 Å². The Morgan fingerprint density at radius 3 is 2.48 bits per heavy atom. The maximum atomic E-state index is 10.9. The predicted molar refractivity (Wildman–Crippen MR) is 90.6 cm³/mol. The zero-order chi connectivity index (χ0) is 16.2. The molecule has 3 rings (SSSR count). The molecule has 2 heterocycles. The van der Waals surface area contributed by atoms with Gasteiger partial charge in [0.2, 0.25) is 0 Å². The Balaban J connectivity index is 2.09. The van der Waals surface area contributed by atoms with Crippen LogP contribution in [0.25, 0.3) is 22.4 Å². The van der Waals surface area contributed by atoms with E-state index < -0.39 is 5.97 Å². The number of H-pyrrole nitrogens is 1. The fraction of sp³-hybridized carbons (Fsp3) is 0.0625. The lowest BCUT2D eigenvalue weighted by atomic mass is 10.0. The van der Waals surface area contributed by atoms with Crippen molar-refractivity contribution < 1.29 is 9.90 Å². The van der Waals surface area contributed by atoms with Crippen LogP contribution in [0.5, 0.6) is 0 Å². The van der Waals surface area contributed by atoms with Gasteiger partial charge in [-0.3, -0.25) is 14.9 Å². The maximum absolute atomic E-state index is 10.9. The van der Waals surface area contributed by atoms with Gasteiger partial charge in [0.25, 0.3) is 0 Å². The quantitative estimate of drug-likeness (QED) is 0.684. The molecule has 0 aliphatic carbocycles. The Bertz CT molecular complexity index is 819. The third-order valence-corrected chi connectivity index (χ3v) is 4.39. The molecule has 116 valence electrons.